The highest BCUT2D eigenvalue weighted by atomic mass is 35.5. The fraction of sp³-hybridized carbons (Fsp3) is 0.143. The van der Waals surface area contributed by atoms with E-state index in [1.54, 1.807) is 6.92 Å². The molecule has 2 heterocycles. The van der Waals surface area contributed by atoms with Gasteiger partial charge in [0.05, 0.1) is 38.2 Å². The van der Waals surface area contributed by atoms with E-state index in [0.717, 1.165) is 11.8 Å². The van der Waals surface area contributed by atoms with Gasteiger partial charge in [0.1, 0.15) is 11.4 Å². The first-order valence-corrected chi connectivity index (χ1v) is 9.98. The van der Waals surface area contributed by atoms with Crippen molar-refractivity contribution in [2.45, 2.75) is 20.0 Å². The van der Waals surface area contributed by atoms with E-state index in [9.17, 15) is 18.0 Å². The molecule has 0 radical (unpaired) electrons. The van der Waals surface area contributed by atoms with Gasteiger partial charge < -0.3 is 0 Å². The van der Waals surface area contributed by atoms with Gasteiger partial charge in [-0.15, -0.1) is 5.10 Å². The molecular weight excluding hydrogens is 466 g/mol. The Bertz CT molecular complexity index is 1330. The van der Waals surface area contributed by atoms with Crippen LogP contribution in [0, 0.1) is 13.8 Å². The zero-order chi connectivity index (χ0) is 23.2. The Kier molecular flexibility index (Phi) is 5.56. The zero-order valence-corrected chi connectivity index (χ0v) is 18.2. The number of carbonyl (C=O) groups is 1. The highest BCUT2D eigenvalue weighted by Gasteiger charge is 2.35. The minimum Gasteiger partial charge on any atom is -0.298 e. The minimum atomic E-state index is -4.64. The molecule has 32 heavy (non-hydrogen) atoms. The molecule has 0 spiro atoms. The van der Waals surface area contributed by atoms with Crippen LogP contribution in [0.1, 0.15) is 27.2 Å². The Labute approximate surface area is 190 Å². The fourth-order valence-electron chi connectivity index (χ4n) is 3.38. The number of hydrogen-bond donors (Lipinski definition) is 0. The third-order valence-corrected chi connectivity index (χ3v) is 5.75. The molecular formula is C21H14Cl2F3N5O. The predicted octanol–water partition coefficient (Wildman–Crippen LogP) is 5.87. The molecule has 0 saturated heterocycles. The predicted molar refractivity (Wildman–Crippen MR) is 114 cm³/mol. The van der Waals surface area contributed by atoms with E-state index in [2.05, 4.69) is 15.4 Å². The Morgan fingerprint density at radius 1 is 1.06 bits per heavy atom. The van der Waals surface area contributed by atoms with Gasteiger partial charge in [0.25, 0.3) is 0 Å². The summed E-state index contributed by atoms with van der Waals surface area (Å²) in [5.74, 6) is 0. The van der Waals surface area contributed by atoms with E-state index in [-0.39, 0.29) is 38.2 Å². The lowest BCUT2D eigenvalue weighted by Gasteiger charge is -2.17. The van der Waals surface area contributed by atoms with Gasteiger partial charge in [-0.2, -0.15) is 18.3 Å². The normalized spacial score (nSPS) is 11.7. The molecule has 0 unspecified atom stereocenters. The quantitative estimate of drug-likeness (QED) is 0.343. The van der Waals surface area contributed by atoms with Crippen molar-refractivity contribution in [3.8, 4) is 22.8 Å². The van der Waals surface area contributed by atoms with Gasteiger partial charge in [-0.1, -0.05) is 46.6 Å². The lowest BCUT2D eigenvalue weighted by molar-refractivity contribution is -0.138. The van der Waals surface area contributed by atoms with Crippen LogP contribution >= 0.6 is 23.2 Å². The van der Waals surface area contributed by atoms with Crippen LogP contribution in [-0.2, 0) is 6.18 Å². The standard InChI is InChI=1S/C21H14Cl2F3N5O/c1-11-15(21(24,25)26)8-16(22)17(23)20(11)31-12(2)18(27-29-31)19-13(10-32)9-30(28-19)14-6-4-3-5-7-14/h3-10H,1-2H3. The molecule has 0 bridgehead atoms. The van der Waals surface area contributed by atoms with Crippen molar-refractivity contribution in [3.63, 3.8) is 0 Å². The first-order valence-electron chi connectivity index (χ1n) is 9.22. The third kappa shape index (κ3) is 3.67. The SMILES string of the molecule is Cc1c(C(F)(F)F)cc(Cl)c(Cl)c1-n1nnc(-c2nn(-c3ccccc3)cc2C=O)c1C. The number of aromatic nitrogens is 5. The second-order valence-corrected chi connectivity index (χ2v) is 7.74. The molecule has 0 N–H and O–H groups in total. The van der Waals surface area contributed by atoms with Crippen molar-refractivity contribution in [3.05, 3.63) is 75.0 Å². The van der Waals surface area contributed by atoms with Gasteiger partial charge in [0.15, 0.2) is 6.29 Å². The maximum absolute atomic E-state index is 13.5. The van der Waals surface area contributed by atoms with Crippen molar-refractivity contribution in [2.75, 3.05) is 0 Å². The number of para-hydroxylation sites is 1. The van der Waals surface area contributed by atoms with Crippen molar-refractivity contribution in [1.82, 2.24) is 24.8 Å². The van der Waals surface area contributed by atoms with Crippen LogP contribution in [0.3, 0.4) is 0 Å². The molecule has 0 atom stereocenters. The maximum atomic E-state index is 13.5. The number of rotatable bonds is 4. The Morgan fingerprint density at radius 3 is 2.38 bits per heavy atom. The average molecular weight is 480 g/mol. The van der Waals surface area contributed by atoms with Gasteiger partial charge in [-0.3, -0.25) is 4.79 Å². The van der Waals surface area contributed by atoms with Crippen molar-refractivity contribution >= 4 is 29.5 Å². The molecule has 0 aliphatic carbocycles. The van der Waals surface area contributed by atoms with Gasteiger partial charge in [0.2, 0.25) is 0 Å². The third-order valence-electron chi connectivity index (χ3n) is 4.97. The van der Waals surface area contributed by atoms with Crippen molar-refractivity contribution in [2.24, 2.45) is 0 Å². The summed E-state index contributed by atoms with van der Waals surface area (Å²) in [7, 11) is 0. The first-order chi connectivity index (χ1) is 15.1. The number of carbonyl (C=O) groups excluding carboxylic acids is 1. The number of aldehydes is 1. The number of benzene rings is 2. The Hall–Kier alpha value is -3.17. The summed E-state index contributed by atoms with van der Waals surface area (Å²) in [5, 5.41) is 12.2. The smallest absolute Gasteiger partial charge is 0.298 e. The monoisotopic (exact) mass is 479 g/mol. The van der Waals surface area contributed by atoms with Crippen LogP contribution in [0.4, 0.5) is 13.2 Å². The second-order valence-electron chi connectivity index (χ2n) is 6.96. The summed E-state index contributed by atoms with van der Waals surface area (Å²) in [6.45, 7) is 2.87. The molecule has 4 rings (SSSR count). The number of halogens is 5. The summed E-state index contributed by atoms with van der Waals surface area (Å²) >= 11 is 12.2. The van der Waals surface area contributed by atoms with Crippen LogP contribution in [0.25, 0.3) is 22.8 Å². The van der Waals surface area contributed by atoms with Crippen LogP contribution in [0.15, 0.2) is 42.6 Å². The van der Waals surface area contributed by atoms with E-state index >= 15 is 0 Å². The number of nitrogens with zero attached hydrogens (tertiary/aromatic N) is 5. The lowest BCUT2D eigenvalue weighted by Crippen LogP contribution is -2.12. The van der Waals surface area contributed by atoms with Gasteiger partial charge in [-0.05, 0) is 37.6 Å². The molecule has 2 aromatic carbocycles. The number of hydrogen-bond acceptors (Lipinski definition) is 4. The van der Waals surface area contributed by atoms with E-state index in [1.165, 1.54) is 22.5 Å². The zero-order valence-electron chi connectivity index (χ0n) is 16.7. The van der Waals surface area contributed by atoms with Crippen molar-refractivity contribution < 1.29 is 18.0 Å². The molecule has 0 aliphatic heterocycles. The fourth-order valence-corrected chi connectivity index (χ4v) is 3.86. The van der Waals surface area contributed by atoms with Crippen molar-refractivity contribution in [1.29, 1.82) is 0 Å². The van der Waals surface area contributed by atoms with Crippen LogP contribution in [0.5, 0.6) is 0 Å². The topological polar surface area (TPSA) is 65.6 Å². The highest BCUT2D eigenvalue weighted by Crippen LogP contribution is 2.41. The minimum absolute atomic E-state index is 0.0436. The Balaban J connectivity index is 1.89. The summed E-state index contributed by atoms with van der Waals surface area (Å²) in [6, 6.07) is 9.88. The Morgan fingerprint density at radius 2 is 1.75 bits per heavy atom. The van der Waals surface area contributed by atoms with Crippen LogP contribution in [0.2, 0.25) is 10.0 Å². The molecule has 6 nitrogen and oxygen atoms in total. The van der Waals surface area contributed by atoms with E-state index in [4.69, 9.17) is 23.2 Å². The van der Waals surface area contributed by atoms with E-state index < -0.39 is 11.7 Å². The van der Waals surface area contributed by atoms with Crippen LogP contribution < -0.4 is 0 Å². The second kappa shape index (κ2) is 8.07. The summed E-state index contributed by atoms with van der Waals surface area (Å²) in [5.41, 5.74) is 0.636. The molecule has 2 aromatic heterocycles. The number of alkyl halides is 3. The molecule has 0 saturated carbocycles. The maximum Gasteiger partial charge on any atom is 0.416 e. The van der Waals surface area contributed by atoms with Gasteiger partial charge >= 0.3 is 6.18 Å². The van der Waals surface area contributed by atoms with Crippen LogP contribution in [-0.4, -0.2) is 31.1 Å². The first kappa shape index (κ1) is 22.0. The summed E-state index contributed by atoms with van der Waals surface area (Å²) < 4.78 is 43.2. The molecule has 11 heteroatoms. The molecule has 164 valence electrons. The van der Waals surface area contributed by atoms with Gasteiger partial charge in [-0.25, -0.2) is 9.36 Å². The molecule has 0 fully saturated rings. The lowest BCUT2D eigenvalue weighted by atomic mass is 10.1. The summed E-state index contributed by atoms with van der Waals surface area (Å²) in [6.07, 6.45) is -2.47. The molecule has 4 aromatic rings. The highest BCUT2D eigenvalue weighted by molar-refractivity contribution is 6.43. The largest absolute Gasteiger partial charge is 0.416 e. The van der Waals surface area contributed by atoms with E-state index in [0.29, 0.717) is 12.0 Å². The summed E-state index contributed by atoms with van der Waals surface area (Å²) in [4.78, 5) is 11.7. The van der Waals surface area contributed by atoms with Gasteiger partial charge in [0, 0.05) is 6.20 Å². The molecule has 0 aliphatic rings. The average Bonchev–Trinajstić information content (AvgIpc) is 3.34. The molecule has 0 amide bonds. The van der Waals surface area contributed by atoms with E-state index in [1.807, 2.05) is 30.3 Å².